The molecule has 2 aromatic carbocycles. The van der Waals surface area contributed by atoms with E-state index in [1.165, 1.54) is 64.7 Å². The zero-order valence-electron chi connectivity index (χ0n) is 22.7. The summed E-state index contributed by atoms with van der Waals surface area (Å²) in [5.41, 5.74) is 0.795. The van der Waals surface area contributed by atoms with Crippen LogP contribution in [0.15, 0.2) is 47.4 Å². The molecule has 2 fully saturated rings. The van der Waals surface area contributed by atoms with Gasteiger partial charge in [-0.1, -0.05) is 24.6 Å². The fourth-order valence-corrected chi connectivity index (χ4v) is 6.29. The number of hydrogen-bond acceptors (Lipinski definition) is 6. The molecule has 5 rings (SSSR count). The lowest BCUT2D eigenvalue weighted by Crippen LogP contribution is -2.51. The Morgan fingerprint density at radius 3 is 2.32 bits per heavy atom. The summed E-state index contributed by atoms with van der Waals surface area (Å²) < 4.78 is 18.0. The van der Waals surface area contributed by atoms with Gasteiger partial charge in [0.05, 0.1) is 32.6 Å². The summed E-state index contributed by atoms with van der Waals surface area (Å²) in [6.45, 7) is 3.05. The lowest BCUT2D eigenvalue weighted by atomic mass is 9.83. The molecule has 0 aliphatic carbocycles. The molecule has 0 N–H and O–H groups in total. The maximum atomic E-state index is 14.0. The normalized spacial score (nSPS) is 19.6. The maximum Gasteiger partial charge on any atom is 0.263 e. The molecule has 38 heavy (non-hydrogen) atoms. The predicted octanol–water partition coefficient (Wildman–Crippen LogP) is 4.35. The first-order valence-electron chi connectivity index (χ1n) is 13.4. The molecular formula is C30H37N3O5. The standard InChI is InChI=1S/C30H37N3O5/c1-31(18-20-10-9-15-32-14-8-7-13-25(20)32)29(34)24-19-33(30(35)23-12-6-5-11-22(23)24)21-16-26(36-2)28(38-4)27(17-21)37-3/h5-6,11-12,16-17,19-20,25H,7-10,13-15,18H2,1-4H3. The number of ether oxygens (including phenoxy) is 3. The molecule has 2 aliphatic rings. The van der Waals surface area contributed by atoms with Crippen molar-refractivity contribution in [2.75, 3.05) is 48.0 Å². The highest BCUT2D eigenvalue weighted by molar-refractivity contribution is 6.06. The average Bonchev–Trinajstić information content (AvgIpc) is 2.96. The smallest absolute Gasteiger partial charge is 0.263 e. The molecule has 1 amide bonds. The number of aromatic nitrogens is 1. The summed E-state index contributed by atoms with van der Waals surface area (Å²) in [5.74, 6) is 1.68. The number of nitrogens with zero attached hydrogens (tertiary/aromatic N) is 3. The molecule has 2 saturated heterocycles. The van der Waals surface area contributed by atoms with Gasteiger partial charge in [0.15, 0.2) is 11.5 Å². The highest BCUT2D eigenvalue weighted by Gasteiger charge is 2.34. The second-order valence-corrected chi connectivity index (χ2v) is 10.3. The second kappa shape index (κ2) is 11.1. The molecule has 8 heteroatoms. The third kappa shape index (κ3) is 4.73. The van der Waals surface area contributed by atoms with Gasteiger partial charge in [-0.2, -0.15) is 0 Å². The quantitative estimate of drug-likeness (QED) is 0.462. The fraction of sp³-hybridized carbons (Fsp3) is 0.467. The van der Waals surface area contributed by atoms with Crippen molar-refractivity contribution in [3.8, 4) is 22.9 Å². The van der Waals surface area contributed by atoms with E-state index in [1.54, 1.807) is 24.4 Å². The Morgan fingerprint density at radius 2 is 1.63 bits per heavy atom. The fourth-order valence-electron chi connectivity index (χ4n) is 6.29. The van der Waals surface area contributed by atoms with Crippen molar-refractivity contribution in [3.63, 3.8) is 0 Å². The van der Waals surface area contributed by atoms with Crippen molar-refractivity contribution >= 4 is 16.7 Å². The molecule has 0 spiro atoms. The maximum absolute atomic E-state index is 14.0. The Balaban J connectivity index is 1.55. The van der Waals surface area contributed by atoms with Crippen molar-refractivity contribution in [1.29, 1.82) is 0 Å². The van der Waals surface area contributed by atoms with Gasteiger partial charge in [0, 0.05) is 48.7 Å². The van der Waals surface area contributed by atoms with E-state index in [1.807, 2.05) is 30.1 Å². The molecule has 0 saturated carbocycles. The van der Waals surface area contributed by atoms with Crippen molar-refractivity contribution in [2.24, 2.45) is 5.92 Å². The Kier molecular flexibility index (Phi) is 7.61. The summed E-state index contributed by atoms with van der Waals surface area (Å²) in [5, 5.41) is 1.14. The van der Waals surface area contributed by atoms with Crippen LogP contribution < -0.4 is 19.8 Å². The van der Waals surface area contributed by atoms with Crippen LogP contribution in [0.5, 0.6) is 17.2 Å². The molecule has 202 valence electrons. The summed E-state index contributed by atoms with van der Waals surface area (Å²) in [4.78, 5) is 32.0. The van der Waals surface area contributed by atoms with E-state index in [0.29, 0.717) is 57.8 Å². The molecule has 8 nitrogen and oxygen atoms in total. The number of methoxy groups -OCH3 is 3. The highest BCUT2D eigenvalue weighted by atomic mass is 16.5. The van der Waals surface area contributed by atoms with Crippen LogP contribution in [0.3, 0.4) is 0 Å². The minimum atomic E-state index is -0.223. The third-order valence-corrected chi connectivity index (χ3v) is 8.17. The molecule has 0 radical (unpaired) electrons. The number of pyridine rings is 1. The van der Waals surface area contributed by atoms with Gasteiger partial charge >= 0.3 is 0 Å². The van der Waals surface area contributed by atoms with E-state index >= 15 is 0 Å². The third-order valence-electron chi connectivity index (χ3n) is 8.17. The average molecular weight is 520 g/mol. The largest absolute Gasteiger partial charge is 0.493 e. The number of amides is 1. The number of benzene rings is 2. The zero-order chi connectivity index (χ0) is 26.8. The van der Waals surface area contributed by atoms with Gasteiger partial charge in [-0.05, 0) is 50.8 Å². The Hall–Kier alpha value is -3.52. The van der Waals surface area contributed by atoms with Gasteiger partial charge in [0.2, 0.25) is 5.75 Å². The molecule has 0 bridgehead atoms. The minimum absolute atomic E-state index is 0.0877. The van der Waals surface area contributed by atoms with Crippen molar-refractivity contribution in [3.05, 3.63) is 58.5 Å². The van der Waals surface area contributed by atoms with Crippen LogP contribution in [0.25, 0.3) is 16.5 Å². The first kappa shape index (κ1) is 26.1. The lowest BCUT2D eigenvalue weighted by Gasteiger charge is -2.45. The molecule has 2 aliphatic heterocycles. The molecule has 2 unspecified atom stereocenters. The van der Waals surface area contributed by atoms with E-state index in [9.17, 15) is 9.59 Å². The second-order valence-electron chi connectivity index (χ2n) is 10.3. The molecular weight excluding hydrogens is 482 g/mol. The Labute approximate surface area is 223 Å². The van der Waals surface area contributed by atoms with Crippen LogP contribution in [-0.4, -0.2) is 74.3 Å². The number of hydrogen-bond donors (Lipinski definition) is 0. The van der Waals surface area contributed by atoms with Gasteiger partial charge in [0.1, 0.15) is 0 Å². The number of fused-ring (bicyclic) bond motifs is 2. The van der Waals surface area contributed by atoms with E-state index in [0.717, 1.165) is 6.42 Å². The van der Waals surface area contributed by atoms with Crippen molar-refractivity contribution in [2.45, 2.75) is 38.1 Å². The number of rotatable bonds is 7. The first-order chi connectivity index (χ1) is 18.5. The van der Waals surface area contributed by atoms with Crippen molar-refractivity contribution < 1.29 is 19.0 Å². The van der Waals surface area contributed by atoms with E-state index < -0.39 is 0 Å². The van der Waals surface area contributed by atoms with Crippen LogP contribution in [0, 0.1) is 5.92 Å². The van der Waals surface area contributed by atoms with Crippen LogP contribution in [0.2, 0.25) is 0 Å². The SMILES string of the molecule is COc1cc(-n2cc(C(=O)N(C)CC3CCCN4CCCCC34)c3ccccc3c2=O)cc(OC)c1OC. The molecule has 3 heterocycles. The number of carbonyl (C=O) groups is 1. The Morgan fingerprint density at radius 1 is 0.947 bits per heavy atom. The van der Waals surface area contributed by atoms with E-state index in [2.05, 4.69) is 4.90 Å². The number of carbonyl (C=O) groups excluding carboxylic acids is 1. The zero-order valence-corrected chi connectivity index (χ0v) is 22.7. The topological polar surface area (TPSA) is 73.2 Å². The van der Waals surface area contributed by atoms with Crippen LogP contribution >= 0.6 is 0 Å². The van der Waals surface area contributed by atoms with Crippen LogP contribution in [-0.2, 0) is 0 Å². The molecule has 2 atom stereocenters. The number of piperidine rings is 2. The van der Waals surface area contributed by atoms with Crippen molar-refractivity contribution in [1.82, 2.24) is 14.4 Å². The van der Waals surface area contributed by atoms with Gasteiger partial charge in [0.25, 0.3) is 11.5 Å². The molecule has 3 aromatic rings. The summed E-state index contributed by atoms with van der Waals surface area (Å²) in [6, 6.07) is 11.3. The van der Waals surface area contributed by atoms with Gasteiger partial charge in [-0.15, -0.1) is 0 Å². The summed E-state index contributed by atoms with van der Waals surface area (Å²) in [6.07, 6.45) is 7.72. The van der Waals surface area contributed by atoms with E-state index in [-0.39, 0.29) is 11.5 Å². The van der Waals surface area contributed by atoms with Gasteiger partial charge in [-0.25, -0.2) is 0 Å². The first-order valence-corrected chi connectivity index (χ1v) is 13.4. The minimum Gasteiger partial charge on any atom is -0.493 e. The van der Waals surface area contributed by atoms with Gasteiger partial charge in [-0.3, -0.25) is 14.2 Å². The predicted molar refractivity (Wildman–Crippen MR) is 148 cm³/mol. The summed E-state index contributed by atoms with van der Waals surface area (Å²) in [7, 11) is 6.49. The summed E-state index contributed by atoms with van der Waals surface area (Å²) >= 11 is 0. The Bertz CT molecular complexity index is 1360. The van der Waals surface area contributed by atoms with Crippen LogP contribution in [0.4, 0.5) is 0 Å². The lowest BCUT2D eigenvalue weighted by molar-refractivity contribution is 0.0403. The van der Waals surface area contributed by atoms with E-state index in [4.69, 9.17) is 14.2 Å². The highest BCUT2D eigenvalue weighted by Crippen LogP contribution is 2.39. The van der Waals surface area contributed by atoms with Crippen LogP contribution in [0.1, 0.15) is 42.5 Å². The molecule has 1 aromatic heterocycles. The monoisotopic (exact) mass is 519 g/mol. The van der Waals surface area contributed by atoms with Gasteiger partial charge < -0.3 is 24.0 Å².